The zero-order chi connectivity index (χ0) is 25.2. The SMILES string of the molecule is CC.CC(=O)c1ncn2c1CC[C@H](c1c(F)ccc(NS(=O)(=O)c3cc(Cl)cnc3C)c1F)C2. The highest BCUT2D eigenvalue weighted by atomic mass is 35.5. The van der Waals surface area contributed by atoms with Gasteiger partial charge in [0.25, 0.3) is 10.0 Å². The number of carbonyl (C=O) groups excluding carboxylic acids is 1. The van der Waals surface area contributed by atoms with Gasteiger partial charge >= 0.3 is 0 Å². The van der Waals surface area contributed by atoms with Crippen LogP contribution in [0.2, 0.25) is 5.02 Å². The number of ketones is 1. The number of nitrogens with zero attached hydrogens (tertiary/aromatic N) is 3. The molecule has 1 atom stereocenters. The number of benzene rings is 1. The van der Waals surface area contributed by atoms with E-state index in [1.165, 1.54) is 32.4 Å². The van der Waals surface area contributed by atoms with Crippen molar-refractivity contribution in [1.82, 2.24) is 14.5 Å². The fourth-order valence-corrected chi connectivity index (χ4v) is 5.48. The Hall–Kier alpha value is -2.85. The summed E-state index contributed by atoms with van der Waals surface area (Å²) >= 11 is 5.86. The standard InChI is InChI=1S/C21H19ClF2N4O3S.C2H6/c1-11-18(7-14(22)8-25-11)32(30,31)27-16-5-4-15(23)19(20(16)24)13-3-6-17-21(12(2)29)26-10-28(17)9-13;1-2/h4-5,7-8,10,13,27H,3,6,9H2,1-2H3;1-2H3/t13-;/m0./s1. The molecule has 0 fully saturated rings. The van der Waals surface area contributed by atoms with Crippen LogP contribution in [0.25, 0.3) is 0 Å². The van der Waals surface area contributed by atoms with Crippen LogP contribution in [0.1, 0.15) is 60.5 Å². The Morgan fingerprint density at radius 3 is 2.62 bits per heavy atom. The second-order valence-corrected chi connectivity index (χ2v) is 9.74. The molecule has 7 nitrogen and oxygen atoms in total. The number of hydrogen-bond acceptors (Lipinski definition) is 5. The first-order valence-corrected chi connectivity index (χ1v) is 12.6. The number of imidazole rings is 1. The monoisotopic (exact) mass is 510 g/mol. The molecule has 3 heterocycles. The highest BCUT2D eigenvalue weighted by Crippen LogP contribution is 2.36. The summed E-state index contributed by atoms with van der Waals surface area (Å²) in [6.07, 6.45) is 3.59. The number of pyridine rings is 1. The number of Topliss-reactive ketones (excluding diaryl/α,β-unsaturated/α-hetero) is 1. The Morgan fingerprint density at radius 1 is 1.24 bits per heavy atom. The molecule has 11 heteroatoms. The Bertz CT molecular complexity index is 1340. The van der Waals surface area contributed by atoms with E-state index in [1.54, 1.807) is 4.57 Å². The normalized spacial score (nSPS) is 15.2. The number of nitrogens with one attached hydrogen (secondary N) is 1. The van der Waals surface area contributed by atoms with Gasteiger partial charge in [0.1, 0.15) is 16.4 Å². The van der Waals surface area contributed by atoms with Crippen LogP contribution in [-0.2, 0) is 23.0 Å². The second kappa shape index (κ2) is 10.2. The van der Waals surface area contributed by atoms with Gasteiger partial charge in [-0.05, 0) is 38.0 Å². The molecule has 1 aliphatic rings. The molecule has 4 rings (SSSR count). The van der Waals surface area contributed by atoms with Gasteiger partial charge in [0.2, 0.25) is 0 Å². The van der Waals surface area contributed by atoms with E-state index in [0.29, 0.717) is 18.5 Å². The molecule has 0 unspecified atom stereocenters. The molecule has 34 heavy (non-hydrogen) atoms. The van der Waals surface area contributed by atoms with Crippen LogP contribution in [0.5, 0.6) is 0 Å². The van der Waals surface area contributed by atoms with Crippen LogP contribution in [0, 0.1) is 18.6 Å². The minimum Gasteiger partial charge on any atom is -0.333 e. The van der Waals surface area contributed by atoms with Crippen molar-refractivity contribution < 1.29 is 22.0 Å². The molecule has 0 saturated carbocycles. The lowest BCUT2D eigenvalue weighted by atomic mass is 9.89. The van der Waals surface area contributed by atoms with E-state index < -0.39 is 27.6 Å². The lowest BCUT2D eigenvalue weighted by molar-refractivity contribution is 0.101. The van der Waals surface area contributed by atoms with Crippen LogP contribution in [0.15, 0.2) is 35.6 Å². The highest BCUT2D eigenvalue weighted by Gasteiger charge is 2.30. The topological polar surface area (TPSA) is 94.0 Å². The number of aryl methyl sites for hydroxylation is 1. The maximum atomic E-state index is 15.4. The summed E-state index contributed by atoms with van der Waals surface area (Å²) < 4.78 is 59.6. The molecule has 182 valence electrons. The quantitative estimate of drug-likeness (QED) is 0.471. The average Bonchev–Trinajstić information content (AvgIpc) is 3.22. The van der Waals surface area contributed by atoms with Crippen molar-refractivity contribution >= 4 is 33.1 Å². The van der Waals surface area contributed by atoms with Crippen molar-refractivity contribution in [1.29, 1.82) is 0 Å². The fraction of sp³-hybridized carbons (Fsp3) is 0.348. The van der Waals surface area contributed by atoms with Crippen molar-refractivity contribution in [2.24, 2.45) is 0 Å². The number of halogens is 3. The predicted molar refractivity (Wildman–Crippen MR) is 126 cm³/mol. The zero-order valence-corrected chi connectivity index (χ0v) is 20.8. The van der Waals surface area contributed by atoms with E-state index >= 15 is 4.39 Å². The first kappa shape index (κ1) is 25.8. The summed E-state index contributed by atoms with van der Waals surface area (Å²) in [5.74, 6) is -2.49. The van der Waals surface area contributed by atoms with Gasteiger partial charge in [-0.3, -0.25) is 14.5 Å². The molecule has 0 amide bonds. The van der Waals surface area contributed by atoms with Gasteiger partial charge in [-0.25, -0.2) is 22.2 Å². The maximum Gasteiger partial charge on any atom is 0.263 e. The van der Waals surface area contributed by atoms with Crippen molar-refractivity contribution in [2.45, 2.75) is 57.9 Å². The van der Waals surface area contributed by atoms with E-state index in [2.05, 4.69) is 14.7 Å². The second-order valence-electron chi connectivity index (χ2n) is 7.65. The minimum atomic E-state index is -4.22. The Balaban J connectivity index is 0.00000158. The van der Waals surface area contributed by atoms with Crippen molar-refractivity contribution in [3.05, 3.63) is 70.0 Å². The minimum absolute atomic E-state index is 0.111. The first-order valence-electron chi connectivity index (χ1n) is 10.8. The summed E-state index contributed by atoms with van der Waals surface area (Å²) in [6.45, 7) is 7.12. The van der Waals surface area contributed by atoms with Crippen LogP contribution in [0.4, 0.5) is 14.5 Å². The molecule has 2 aromatic heterocycles. The largest absolute Gasteiger partial charge is 0.333 e. The van der Waals surface area contributed by atoms with Gasteiger partial charge in [0.15, 0.2) is 11.6 Å². The molecule has 3 aromatic rings. The lowest BCUT2D eigenvalue weighted by Gasteiger charge is -2.26. The van der Waals surface area contributed by atoms with Gasteiger partial charge in [0.05, 0.1) is 22.7 Å². The summed E-state index contributed by atoms with van der Waals surface area (Å²) in [6, 6.07) is 3.28. The van der Waals surface area contributed by atoms with Crippen LogP contribution in [-0.4, -0.2) is 28.7 Å². The number of rotatable bonds is 5. The van der Waals surface area contributed by atoms with E-state index in [4.69, 9.17) is 11.6 Å². The smallest absolute Gasteiger partial charge is 0.263 e. The first-order chi connectivity index (χ1) is 16.1. The molecule has 0 saturated heterocycles. The third-order valence-corrected chi connectivity index (χ3v) is 7.19. The third-order valence-electron chi connectivity index (χ3n) is 5.50. The Kier molecular flexibility index (Phi) is 7.72. The van der Waals surface area contributed by atoms with Gasteiger partial charge in [-0.1, -0.05) is 25.4 Å². The highest BCUT2D eigenvalue weighted by molar-refractivity contribution is 7.92. The molecule has 0 aliphatic carbocycles. The summed E-state index contributed by atoms with van der Waals surface area (Å²) in [4.78, 5) is 19.5. The van der Waals surface area contributed by atoms with Gasteiger partial charge in [-0.15, -0.1) is 0 Å². The summed E-state index contributed by atoms with van der Waals surface area (Å²) in [5.41, 5.74) is 0.689. The number of carbonyl (C=O) groups is 1. The van der Waals surface area contributed by atoms with Crippen molar-refractivity contribution in [3.63, 3.8) is 0 Å². The van der Waals surface area contributed by atoms with E-state index in [-0.39, 0.29) is 39.2 Å². The van der Waals surface area contributed by atoms with E-state index in [0.717, 1.165) is 17.8 Å². The molecule has 0 spiro atoms. The molecule has 0 bridgehead atoms. The molecule has 1 aromatic carbocycles. The van der Waals surface area contributed by atoms with Crippen molar-refractivity contribution in [2.75, 3.05) is 4.72 Å². The van der Waals surface area contributed by atoms with Gasteiger partial charge in [-0.2, -0.15) is 0 Å². The molecule has 1 N–H and O–H groups in total. The van der Waals surface area contributed by atoms with Crippen LogP contribution < -0.4 is 4.72 Å². The average molecular weight is 511 g/mol. The van der Waals surface area contributed by atoms with E-state index in [1.807, 2.05) is 13.8 Å². The number of aromatic nitrogens is 3. The van der Waals surface area contributed by atoms with Gasteiger partial charge < -0.3 is 4.57 Å². The summed E-state index contributed by atoms with van der Waals surface area (Å²) in [7, 11) is -4.22. The lowest BCUT2D eigenvalue weighted by Crippen LogP contribution is -2.22. The molecular weight excluding hydrogens is 486 g/mol. The van der Waals surface area contributed by atoms with Crippen LogP contribution in [0.3, 0.4) is 0 Å². The Morgan fingerprint density at radius 2 is 1.94 bits per heavy atom. The van der Waals surface area contributed by atoms with Gasteiger partial charge in [0, 0.05) is 36.8 Å². The third kappa shape index (κ3) is 4.97. The zero-order valence-electron chi connectivity index (χ0n) is 19.2. The van der Waals surface area contributed by atoms with Crippen molar-refractivity contribution in [3.8, 4) is 0 Å². The number of anilines is 1. The Labute approximate surface area is 202 Å². The maximum absolute atomic E-state index is 15.4. The molecular formula is C23H25ClF2N4O3S. The number of hydrogen-bond donors (Lipinski definition) is 1. The number of fused-ring (bicyclic) bond motifs is 1. The molecule has 0 radical (unpaired) electrons. The van der Waals surface area contributed by atoms with E-state index in [9.17, 15) is 17.6 Å². The molecule has 1 aliphatic heterocycles. The summed E-state index contributed by atoms with van der Waals surface area (Å²) in [5, 5.41) is 0.111. The number of sulfonamides is 1. The fourth-order valence-electron chi connectivity index (χ4n) is 3.98. The predicted octanol–water partition coefficient (Wildman–Crippen LogP) is 5.28. The van der Waals surface area contributed by atoms with Crippen LogP contribution >= 0.6 is 11.6 Å².